The number of carbonyl (C=O) groups is 1. The summed E-state index contributed by atoms with van der Waals surface area (Å²) in [5.74, 6) is -0.254. The summed E-state index contributed by atoms with van der Waals surface area (Å²) in [4.78, 5) is 24.1. The van der Waals surface area contributed by atoms with Gasteiger partial charge in [-0.25, -0.2) is 0 Å². The van der Waals surface area contributed by atoms with Gasteiger partial charge in [-0.05, 0) is 29.3 Å². The van der Waals surface area contributed by atoms with Crippen molar-refractivity contribution in [1.29, 1.82) is 0 Å². The molecule has 0 N–H and O–H groups in total. The van der Waals surface area contributed by atoms with Crippen molar-refractivity contribution in [2.45, 2.75) is 6.54 Å². The van der Waals surface area contributed by atoms with Gasteiger partial charge in [-0.1, -0.05) is 18.2 Å². The number of hydrogen-bond donors (Lipinski definition) is 0. The summed E-state index contributed by atoms with van der Waals surface area (Å²) >= 11 is 5.67. The number of rotatable bonds is 6. The van der Waals surface area contributed by atoms with E-state index in [1.54, 1.807) is 18.2 Å². The van der Waals surface area contributed by atoms with Crippen molar-refractivity contribution in [3.05, 3.63) is 75.7 Å². The fourth-order valence-electron chi connectivity index (χ4n) is 1.95. The molecule has 22 heavy (non-hydrogen) atoms. The van der Waals surface area contributed by atoms with Gasteiger partial charge in [0.05, 0.1) is 4.92 Å². The first kappa shape index (κ1) is 15.8. The summed E-state index contributed by atoms with van der Waals surface area (Å²) in [6.07, 6.45) is 1.57. The van der Waals surface area contributed by atoms with Crippen LogP contribution < -0.4 is 0 Å². The standard InChI is InChI=1S/C15H13ClN2O4/c1-2-8-17(15(19)13-6-7-14(16)22-13)10-11-4-3-5-12(9-11)18(20)21/h2-7,9H,1,8,10H2. The number of nitro benzene ring substituents is 1. The Bertz CT molecular complexity index is 711. The van der Waals surface area contributed by atoms with Crippen molar-refractivity contribution in [3.8, 4) is 0 Å². The molecule has 0 atom stereocenters. The van der Waals surface area contributed by atoms with Crippen LogP contribution in [0.5, 0.6) is 0 Å². The number of furan rings is 1. The minimum Gasteiger partial charge on any atom is -0.440 e. The zero-order valence-corrected chi connectivity index (χ0v) is 12.3. The lowest BCUT2D eigenvalue weighted by Gasteiger charge is -2.19. The van der Waals surface area contributed by atoms with Gasteiger partial charge in [0.15, 0.2) is 11.0 Å². The van der Waals surface area contributed by atoms with Crippen LogP contribution in [0.4, 0.5) is 5.69 Å². The Morgan fingerprint density at radius 1 is 1.41 bits per heavy atom. The molecule has 114 valence electrons. The zero-order chi connectivity index (χ0) is 16.1. The maximum atomic E-state index is 12.4. The van der Waals surface area contributed by atoms with Gasteiger partial charge in [-0.15, -0.1) is 6.58 Å². The molecular formula is C15H13ClN2O4. The number of nitro groups is 1. The van der Waals surface area contributed by atoms with Gasteiger partial charge in [0.2, 0.25) is 0 Å². The summed E-state index contributed by atoms with van der Waals surface area (Å²) in [5, 5.41) is 10.9. The molecule has 1 aromatic heterocycles. The Hall–Kier alpha value is -2.60. The van der Waals surface area contributed by atoms with E-state index in [1.807, 2.05) is 0 Å². The minimum atomic E-state index is -0.477. The second-order valence-corrected chi connectivity index (χ2v) is 4.88. The fraction of sp³-hybridized carbons (Fsp3) is 0.133. The molecule has 0 radical (unpaired) electrons. The highest BCUT2D eigenvalue weighted by atomic mass is 35.5. The first-order valence-corrected chi connectivity index (χ1v) is 6.78. The number of carbonyl (C=O) groups excluding carboxylic acids is 1. The molecule has 1 amide bonds. The zero-order valence-electron chi connectivity index (χ0n) is 11.6. The summed E-state index contributed by atoms with van der Waals surface area (Å²) in [7, 11) is 0. The molecule has 0 saturated carbocycles. The average Bonchev–Trinajstić information content (AvgIpc) is 2.93. The van der Waals surface area contributed by atoms with Crippen LogP contribution in [0.3, 0.4) is 0 Å². The van der Waals surface area contributed by atoms with Gasteiger partial charge in [-0.3, -0.25) is 14.9 Å². The molecular weight excluding hydrogens is 308 g/mol. The first-order valence-electron chi connectivity index (χ1n) is 6.40. The van der Waals surface area contributed by atoms with Crippen LogP contribution in [0.15, 0.2) is 53.5 Å². The van der Waals surface area contributed by atoms with E-state index < -0.39 is 4.92 Å². The van der Waals surface area contributed by atoms with Crippen LogP contribution in [-0.2, 0) is 6.54 Å². The van der Waals surface area contributed by atoms with E-state index in [1.165, 1.54) is 29.2 Å². The number of amides is 1. The average molecular weight is 321 g/mol. The van der Waals surface area contributed by atoms with Crippen LogP contribution >= 0.6 is 11.6 Å². The van der Waals surface area contributed by atoms with Crippen molar-refractivity contribution in [2.24, 2.45) is 0 Å². The first-order chi connectivity index (χ1) is 10.5. The molecule has 1 aromatic carbocycles. The van der Waals surface area contributed by atoms with E-state index in [0.29, 0.717) is 5.56 Å². The number of non-ortho nitro benzene ring substituents is 1. The highest BCUT2D eigenvalue weighted by Crippen LogP contribution is 2.18. The molecule has 0 spiro atoms. The van der Waals surface area contributed by atoms with Crippen LogP contribution in [-0.4, -0.2) is 22.3 Å². The molecule has 2 aromatic rings. The van der Waals surface area contributed by atoms with Crippen molar-refractivity contribution in [1.82, 2.24) is 4.90 Å². The molecule has 0 saturated heterocycles. The number of halogens is 1. The van der Waals surface area contributed by atoms with E-state index in [2.05, 4.69) is 6.58 Å². The lowest BCUT2D eigenvalue weighted by Crippen LogP contribution is -2.30. The highest BCUT2D eigenvalue weighted by molar-refractivity contribution is 6.29. The predicted octanol–water partition coefficient (Wildman–Crippen LogP) is 3.67. The summed E-state index contributed by atoms with van der Waals surface area (Å²) in [5.41, 5.74) is 0.617. The van der Waals surface area contributed by atoms with Crippen LogP contribution in [0.25, 0.3) is 0 Å². The summed E-state index contributed by atoms with van der Waals surface area (Å²) in [6, 6.07) is 9.08. The van der Waals surface area contributed by atoms with E-state index >= 15 is 0 Å². The fourth-order valence-corrected chi connectivity index (χ4v) is 2.10. The maximum absolute atomic E-state index is 12.4. The van der Waals surface area contributed by atoms with Crippen LogP contribution in [0.2, 0.25) is 5.22 Å². The Kier molecular flexibility index (Phi) is 4.95. The topological polar surface area (TPSA) is 76.6 Å². The van der Waals surface area contributed by atoms with Gasteiger partial charge in [0.1, 0.15) is 0 Å². The Morgan fingerprint density at radius 2 is 2.18 bits per heavy atom. The second-order valence-electron chi connectivity index (χ2n) is 4.51. The van der Waals surface area contributed by atoms with E-state index in [-0.39, 0.29) is 35.7 Å². The SMILES string of the molecule is C=CCN(Cc1cccc([N+](=O)[O-])c1)C(=O)c1ccc(Cl)o1. The number of hydrogen-bond acceptors (Lipinski definition) is 4. The third-order valence-corrected chi connectivity index (χ3v) is 3.12. The van der Waals surface area contributed by atoms with Gasteiger partial charge in [0.25, 0.3) is 11.6 Å². The third kappa shape index (κ3) is 3.73. The quantitative estimate of drug-likeness (QED) is 0.462. The molecule has 0 unspecified atom stereocenters. The van der Waals surface area contributed by atoms with Crippen molar-refractivity contribution < 1.29 is 14.1 Å². The monoisotopic (exact) mass is 320 g/mol. The highest BCUT2D eigenvalue weighted by Gasteiger charge is 2.19. The van der Waals surface area contributed by atoms with Gasteiger partial charge >= 0.3 is 0 Å². The van der Waals surface area contributed by atoms with Gasteiger partial charge in [-0.2, -0.15) is 0 Å². The normalized spacial score (nSPS) is 10.2. The van der Waals surface area contributed by atoms with Crippen molar-refractivity contribution in [2.75, 3.05) is 6.54 Å². The van der Waals surface area contributed by atoms with Crippen molar-refractivity contribution in [3.63, 3.8) is 0 Å². The molecule has 0 aliphatic rings. The van der Waals surface area contributed by atoms with Crippen LogP contribution in [0.1, 0.15) is 16.1 Å². The molecule has 0 aliphatic heterocycles. The van der Waals surface area contributed by atoms with E-state index in [4.69, 9.17) is 16.0 Å². The summed E-state index contributed by atoms with van der Waals surface area (Å²) in [6.45, 7) is 4.09. The number of benzene rings is 1. The second kappa shape index (κ2) is 6.91. The van der Waals surface area contributed by atoms with Gasteiger partial charge in [0, 0.05) is 25.2 Å². The smallest absolute Gasteiger partial charge is 0.290 e. The molecule has 6 nitrogen and oxygen atoms in total. The minimum absolute atomic E-state index is 0.0236. The van der Waals surface area contributed by atoms with E-state index in [9.17, 15) is 14.9 Å². The van der Waals surface area contributed by atoms with Gasteiger partial charge < -0.3 is 9.32 Å². The third-order valence-electron chi connectivity index (χ3n) is 2.92. The summed E-state index contributed by atoms with van der Waals surface area (Å²) < 4.78 is 5.10. The largest absolute Gasteiger partial charge is 0.440 e. The molecule has 7 heteroatoms. The van der Waals surface area contributed by atoms with Crippen molar-refractivity contribution >= 4 is 23.2 Å². The molecule has 1 heterocycles. The molecule has 0 aliphatic carbocycles. The molecule has 0 fully saturated rings. The van der Waals surface area contributed by atoms with Crippen LogP contribution in [0, 0.1) is 10.1 Å². The Morgan fingerprint density at radius 3 is 2.77 bits per heavy atom. The number of nitrogens with zero attached hydrogens (tertiary/aromatic N) is 2. The molecule has 2 rings (SSSR count). The molecule has 0 bridgehead atoms. The lowest BCUT2D eigenvalue weighted by molar-refractivity contribution is -0.384. The van der Waals surface area contributed by atoms with E-state index in [0.717, 1.165) is 0 Å². The maximum Gasteiger partial charge on any atom is 0.290 e. The Labute approximate surface area is 131 Å². The lowest BCUT2D eigenvalue weighted by atomic mass is 10.2. The predicted molar refractivity (Wildman–Crippen MR) is 81.8 cm³/mol. The Balaban J connectivity index is 2.21.